The average molecular weight is 215 g/mol. The lowest BCUT2D eigenvalue weighted by Gasteiger charge is -2.15. The van der Waals surface area contributed by atoms with Crippen molar-refractivity contribution in [1.82, 2.24) is 9.78 Å². The molecular formula is C13H17N3. The molecule has 2 rings (SSSR count). The van der Waals surface area contributed by atoms with Gasteiger partial charge in [-0.2, -0.15) is 5.10 Å². The minimum Gasteiger partial charge on any atom is -0.399 e. The van der Waals surface area contributed by atoms with Crippen molar-refractivity contribution in [2.24, 2.45) is 0 Å². The van der Waals surface area contributed by atoms with Crippen molar-refractivity contribution in [2.45, 2.75) is 26.2 Å². The number of benzene rings is 1. The highest BCUT2D eigenvalue weighted by atomic mass is 15.3. The summed E-state index contributed by atoms with van der Waals surface area (Å²) < 4.78 is 1.88. The van der Waals surface area contributed by atoms with Crippen molar-refractivity contribution in [3.8, 4) is 5.69 Å². The van der Waals surface area contributed by atoms with Crippen LogP contribution in [0.15, 0.2) is 36.7 Å². The minimum atomic E-state index is 0.131. The van der Waals surface area contributed by atoms with E-state index in [9.17, 15) is 0 Å². The number of nitrogen functional groups attached to an aromatic ring is 1. The first-order chi connectivity index (χ1) is 7.47. The molecule has 0 unspecified atom stereocenters. The van der Waals surface area contributed by atoms with E-state index in [1.54, 1.807) is 0 Å². The minimum absolute atomic E-state index is 0.131. The van der Waals surface area contributed by atoms with Crippen LogP contribution in [0.3, 0.4) is 0 Å². The fourth-order valence-electron chi connectivity index (χ4n) is 1.48. The molecule has 84 valence electrons. The van der Waals surface area contributed by atoms with Crippen molar-refractivity contribution in [2.75, 3.05) is 5.73 Å². The molecule has 2 aromatic rings. The van der Waals surface area contributed by atoms with Gasteiger partial charge in [-0.05, 0) is 35.2 Å². The van der Waals surface area contributed by atoms with Crippen LogP contribution in [-0.2, 0) is 5.41 Å². The lowest BCUT2D eigenvalue weighted by Crippen LogP contribution is -2.09. The van der Waals surface area contributed by atoms with Gasteiger partial charge in [0.25, 0.3) is 0 Å². The number of aromatic nitrogens is 2. The van der Waals surface area contributed by atoms with Crippen molar-refractivity contribution in [1.29, 1.82) is 0 Å². The van der Waals surface area contributed by atoms with Crippen LogP contribution in [0.4, 0.5) is 5.69 Å². The zero-order chi connectivity index (χ0) is 11.8. The van der Waals surface area contributed by atoms with Gasteiger partial charge in [0.1, 0.15) is 0 Å². The van der Waals surface area contributed by atoms with Crippen LogP contribution in [0, 0.1) is 0 Å². The molecule has 0 aliphatic heterocycles. The van der Waals surface area contributed by atoms with E-state index in [0.29, 0.717) is 0 Å². The molecule has 1 aromatic heterocycles. The van der Waals surface area contributed by atoms with E-state index >= 15 is 0 Å². The molecule has 0 radical (unpaired) electrons. The molecule has 0 spiro atoms. The summed E-state index contributed by atoms with van der Waals surface area (Å²) in [5, 5.41) is 4.36. The molecular weight excluding hydrogens is 198 g/mol. The fraction of sp³-hybridized carbons (Fsp3) is 0.308. The Bertz CT molecular complexity index is 475. The fourth-order valence-corrected chi connectivity index (χ4v) is 1.48. The van der Waals surface area contributed by atoms with Gasteiger partial charge in [0.05, 0.1) is 11.9 Å². The third-order valence-electron chi connectivity index (χ3n) is 2.61. The Balaban J connectivity index is 2.35. The van der Waals surface area contributed by atoms with Gasteiger partial charge >= 0.3 is 0 Å². The van der Waals surface area contributed by atoms with Crippen molar-refractivity contribution in [3.63, 3.8) is 0 Å². The summed E-state index contributed by atoms with van der Waals surface area (Å²) in [6, 6.07) is 7.70. The van der Waals surface area contributed by atoms with E-state index in [4.69, 9.17) is 5.73 Å². The Hall–Kier alpha value is -1.77. The SMILES string of the molecule is CC(C)(C)c1cnn(-c2ccc(N)cc2)c1. The monoisotopic (exact) mass is 215 g/mol. The van der Waals surface area contributed by atoms with Gasteiger partial charge in [-0.3, -0.25) is 0 Å². The maximum absolute atomic E-state index is 5.65. The highest BCUT2D eigenvalue weighted by Gasteiger charge is 2.15. The van der Waals surface area contributed by atoms with E-state index in [-0.39, 0.29) is 5.41 Å². The van der Waals surface area contributed by atoms with Gasteiger partial charge in [-0.15, -0.1) is 0 Å². The van der Waals surface area contributed by atoms with Gasteiger partial charge < -0.3 is 5.73 Å². The molecule has 16 heavy (non-hydrogen) atoms. The second-order valence-electron chi connectivity index (χ2n) is 5.02. The van der Waals surface area contributed by atoms with Crippen LogP contribution in [0.1, 0.15) is 26.3 Å². The summed E-state index contributed by atoms with van der Waals surface area (Å²) >= 11 is 0. The number of nitrogens with zero attached hydrogens (tertiary/aromatic N) is 2. The molecule has 0 aliphatic rings. The first-order valence-electron chi connectivity index (χ1n) is 5.38. The highest BCUT2D eigenvalue weighted by Crippen LogP contribution is 2.22. The molecule has 0 bridgehead atoms. The molecule has 0 atom stereocenters. The molecule has 0 fully saturated rings. The first kappa shape index (κ1) is 10.7. The van der Waals surface area contributed by atoms with E-state index in [1.165, 1.54) is 5.56 Å². The molecule has 1 aromatic carbocycles. The molecule has 1 heterocycles. The predicted octanol–water partition coefficient (Wildman–Crippen LogP) is 2.75. The van der Waals surface area contributed by atoms with Gasteiger partial charge in [0.2, 0.25) is 0 Å². The Labute approximate surface area is 95.9 Å². The second kappa shape index (κ2) is 3.67. The molecule has 2 N–H and O–H groups in total. The zero-order valence-corrected chi connectivity index (χ0v) is 9.94. The van der Waals surface area contributed by atoms with Crippen LogP contribution in [-0.4, -0.2) is 9.78 Å². The van der Waals surface area contributed by atoms with Crippen LogP contribution in [0.25, 0.3) is 5.69 Å². The molecule has 0 saturated heterocycles. The quantitative estimate of drug-likeness (QED) is 0.743. The molecule has 0 aliphatic carbocycles. The Kier molecular flexibility index (Phi) is 2.46. The van der Waals surface area contributed by atoms with Crippen molar-refractivity contribution >= 4 is 5.69 Å². The maximum Gasteiger partial charge on any atom is 0.0647 e. The molecule has 0 amide bonds. The van der Waals surface area contributed by atoms with E-state index in [1.807, 2.05) is 35.1 Å². The number of rotatable bonds is 1. The largest absolute Gasteiger partial charge is 0.399 e. The lowest BCUT2D eigenvalue weighted by atomic mass is 9.90. The summed E-state index contributed by atoms with van der Waals surface area (Å²) in [5.74, 6) is 0. The number of anilines is 1. The van der Waals surface area contributed by atoms with Crippen LogP contribution in [0.2, 0.25) is 0 Å². The molecule has 0 saturated carbocycles. The molecule has 3 heteroatoms. The zero-order valence-electron chi connectivity index (χ0n) is 9.94. The van der Waals surface area contributed by atoms with Gasteiger partial charge in [-0.1, -0.05) is 20.8 Å². The second-order valence-corrected chi connectivity index (χ2v) is 5.02. The van der Waals surface area contributed by atoms with E-state index in [0.717, 1.165) is 11.4 Å². The Morgan fingerprint density at radius 1 is 1.12 bits per heavy atom. The summed E-state index contributed by atoms with van der Waals surface area (Å²) in [5.41, 5.74) is 8.81. The summed E-state index contributed by atoms with van der Waals surface area (Å²) in [7, 11) is 0. The standard InChI is InChI=1S/C13H17N3/c1-13(2,3)10-8-15-16(9-10)12-6-4-11(14)5-7-12/h4-9H,14H2,1-3H3. The average Bonchev–Trinajstić information content (AvgIpc) is 2.67. The van der Waals surface area contributed by atoms with E-state index in [2.05, 4.69) is 32.1 Å². The van der Waals surface area contributed by atoms with Gasteiger partial charge in [-0.25, -0.2) is 4.68 Å². The molecule has 3 nitrogen and oxygen atoms in total. The predicted molar refractivity (Wildman–Crippen MR) is 66.7 cm³/mol. The highest BCUT2D eigenvalue weighted by molar-refractivity contribution is 5.44. The van der Waals surface area contributed by atoms with Crippen molar-refractivity contribution < 1.29 is 0 Å². The Morgan fingerprint density at radius 2 is 1.75 bits per heavy atom. The topological polar surface area (TPSA) is 43.8 Å². The van der Waals surface area contributed by atoms with E-state index < -0.39 is 0 Å². The number of nitrogens with two attached hydrogens (primary N) is 1. The van der Waals surface area contributed by atoms with Crippen molar-refractivity contribution in [3.05, 3.63) is 42.2 Å². The van der Waals surface area contributed by atoms with Crippen LogP contribution >= 0.6 is 0 Å². The van der Waals surface area contributed by atoms with Crippen LogP contribution in [0.5, 0.6) is 0 Å². The van der Waals surface area contributed by atoms with Gasteiger partial charge in [0, 0.05) is 11.9 Å². The normalized spacial score (nSPS) is 11.7. The van der Waals surface area contributed by atoms with Gasteiger partial charge in [0.15, 0.2) is 0 Å². The summed E-state index contributed by atoms with van der Waals surface area (Å²) in [6.45, 7) is 6.53. The third-order valence-corrected chi connectivity index (χ3v) is 2.61. The number of hydrogen-bond acceptors (Lipinski definition) is 2. The first-order valence-corrected chi connectivity index (χ1v) is 5.38. The van der Waals surface area contributed by atoms with Crippen LogP contribution < -0.4 is 5.73 Å². The lowest BCUT2D eigenvalue weighted by molar-refractivity contribution is 0.590. The smallest absolute Gasteiger partial charge is 0.0647 e. The number of hydrogen-bond donors (Lipinski definition) is 1. The maximum atomic E-state index is 5.65. The summed E-state index contributed by atoms with van der Waals surface area (Å²) in [6.07, 6.45) is 3.97. The Morgan fingerprint density at radius 3 is 2.25 bits per heavy atom. The third kappa shape index (κ3) is 2.08. The summed E-state index contributed by atoms with van der Waals surface area (Å²) in [4.78, 5) is 0.